The summed E-state index contributed by atoms with van der Waals surface area (Å²) in [5.41, 5.74) is 2.72. The molecule has 3 rings (SSSR count). The van der Waals surface area contributed by atoms with Crippen molar-refractivity contribution in [2.24, 2.45) is 0 Å². The molecule has 1 aromatic heterocycles. The zero-order chi connectivity index (χ0) is 18.0. The normalized spacial score (nSPS) is 14.0. The van der Waals surface area contributed by atoms with Crippen molar-refractivity contribution in [3.63, 3.8) is 0 Å². The van der Waals surface area contributed by atoms with Gasteiger partial charge in [0.05, 0.1) is 24.5 Å². The third kappa shape index (κ3) is 3.87. The van der Waals surface area contributed by atoms with E-state index >= 15 is 0 Å². The van der Waals surface area contributed by atoms with Gasteiger partial charge in [-0.2, -0.15) is 5.10 Å². The second kappa shape index (κ2) is 7.04. The number of rotatable bonds is 3. The van der Waals surface area contributed by atoms with Crippen LogP contribution in [0.25, 0.3) is 0 Å². The first kappa shape index (κ1) is 17.1. The maximum Gasteiger partial charge on any atom is 0.251 e. The summed E-state index contributed by atoms with van der Waals surface area (Å²) in [6, 6.07) is 6.05. The number of nitrogens with zero attached hydrogens (tertiary/aromatic N) is 3. The molecule has 0 aliphatic carbocycles. The van der Waals surface area contributed by atoms with E-state index in [-0.39, 0.29) is 18.4 Å². The molecular weight excluding hydrogens is 323 g/mol. The Morgan fingerprint density at radius 3 is 2.84 bits per heavy atom. The molecule has 2 amide bonds. The number of hydrogen-bond donors (Lipinski definition) is 1. The molecule has 0 radical (unpaired) electrons. The molecule has 2 heterocycles. The molecule has 25 heavy (non-hydrogen) atoms. The number of benzene rings is 1. The molecular formula is C18H21FN4O2. The van der Waals surface area contributed by atoms with Gasteiger partial charge in [-0.05, 0) is 37.1 Å². The van der Waals surface area contributed by atoms with Gasteiger partial charge in [0.2, 0.25) is 5.91 Å². The van der Waals surface area contributed by atoms with Crippen LogP contribution < -0.4 is 5.32 Å². The number of aryl methyl sites for hydroxylation is 2. The van der Waals surface area contributed by atoms with Crippen molar-refractivity contribution in [3.05, 3.63) is 52.6 Å². The minimum Gasteiger partial charge on any atom is -0.346 e. The Morgan fingerprint density at radius 2 is 2.08 bits per heavy atom. The lowest BCUT2D eigenvalue weighted by atomic mass is 10.1. The van der Waals surface area contributed by atoms with E-state index in [1.165, 1.54) is 12.1 Å². The number of amides is 2. The van der Waals surface area contributed by atoms with Gasteiger partial charge in [-0.1, -0.05) is 6.07 Å². The van der Waals surface area contributed by atoms with Crippen LogP contribution in [0.4, 0.5) is 4.39 Å². The highest BCUT2D eigenvalue weighted by molar-refractivity contribution is 5.95. The van der Waals surface area contributed by atoms with Crippen LogP contribution in [0.3, 0.4) is 0 Å². The molecule has 7 heteroatoms. The van der Waals surface area contributed by atoms with Gasteiger partial charge in [0.15, 0.2) is 0 Å². The van der Waals surface area contributed by atoms with Gasteiger partial charge in [-0.3, -0.25) is 14.3 Å². The minimum absolute atomic E-state index is 0.0473. The molecule has 2 aromatic rings. The van der Waals surface area contributed by atoms with Gasteiger partial charge >= 0.3 is 0 Å². The molecule has 0 saturated carbocycles. The molecule has 1 aliphatic heterocycles. The number of nitrogens with one attached hydrogen (secondary N) is 1. The summed E-state index contributed by atoms with van der Waals surface area (Å²) in [4.78, 5) is 25.7. The molecule has 0 saturated heterocycles. The first-order chi connectivity index (χ1) is 11.9. The Bertz CT molecular complexity index is 815. The van der Waals surface area contributed by atoms with Gasteiger partial charge in [-0.15, -0.1) is 0 Å². The van der Waals surface area contributed by atoms with Gasteiger partial charge in [0, 0.05) is 25.6 Å². The van der Waals surface area contributed by atoms with Crippen LogP contribution in [0.1, 0.15) is 40.7 Å². The second-order valence-corrected chi connectivity index (χ2v) is 6.29. The first-order valence-corrected chi connectivity index (χ1v) is 8.29. The quantitative estimate of drug-likeness (QED) is 0.926. The molecule has 0 atom stereocenters. The van der Waals surface area contributed by atoms with Crippen LogP contribution in [0, 0.1) is 12.7 Å². The van der Waals surface area contributed by atoms with Crippen LogP contribution in [0.2, 0.25) is 0 Å². The van der Waals surface area contributed by atoms with Crippen molar-refractivity contribution in [2.45, 2.75) is 39.9 Å². The number of carbonyl (C=O) groups excluding carboxylic acids is 2. The van der Waals surface area contributed by atoms with Crippen LogP contribution in [0.15, 0.2) is 24.3 Å². The molecule has 0 spiro atoms. The Hall–Kier alpha value is -2.70. The van der Waals surface area contributed by atoms with Crippen LogP contribution in [0.5, 0.6) is 0 Å². The van der Waals surface area contributed by atoms with Crippen LogP contribution in [-0.2, 0) is 24.4 Å². The smallest absolute Gasteiger partial charge is 0.251 e. The number of carbonyl (C=O) groups is 2. The van der Waals surface area contributed by atoms with E-state index in [1.807, 2.05) is 10.7 Å². The average Bonchev–Trinajstić information content (AvgIpc) is 2.84. The lowest BCUT2D eigenvalue weighted by molar-refractivity contribution is -0.129. The highest BCUT2D eigenvalue weighted by Gasteiger charge is 2.18. The fourth-order valence-electron chi connectivity index (χ4n) is 2.98. The first-order valence-electron chi connectivity index (χ1n) is 8.29. The minimum atomic E-state index is -0.436. The maximum atomic E-state index is 13.3. The largest absolute Gasteiger partial charge is 0.346 e. The van der Waals surface area contributed by atoms with E-state index in [1.54, 1.807) is 24.8 Å². The Labute approximate surface area is 145 Å². The zero-order valence-electron chi connectivity index (χ0n) is 14.4. The van der Waals surface area contributed by atoms with E-state index < -0.39 is 5.82 Å². The van der Waals surface area contributed by atoms with Gasteiger partial charge in [0.25, 0.3) is 5.91 Å². The van der Waals surface area contributed by atoms with Crippen molar-refractivity contribution in [1.82, 2.24) is 20.0 Å². The number of halogens is 1. The van der Waals surface area contributed by atoms with Crippen molar-refractivity contribution in [2.75, 3.05) is 6.54 Å². The zero-order valence-corrected chi connectivity index (χ0v) is 14.4. The summed E-state index contributed by atoms with van der Waals surface area (Å²) in [6.45, 7) is 5.59. The maximum absolute atomic E-state index is 13.3. The number of hydrogen-bond acceptors (Lipinski definition) is 3. The summed E-state index contributed by atoms with van der Waals surface area (Å²) >= 11 is 0. The Kier molecular flexibility index (Phi) is 4.83. The molecule has 6 nitrogen and oxygen atoms in total. The summed E-state index contributed by atoms with van der Waals surface area (Å²) in [6.07, 6.45) is 0.850. The fraction of sp³-hybridized carbons (Fsp3) is 0.389. The van der Waals surface area contributed by atoms with Crippen molar-refractivity contribution < 1.29 is 14.0 Å². The third-order valence-corrected chi connectivity index (χ3v) is 4.38. The molecule has 0 unspecified atom stereocenters. The Balaban J connectivity index is 1.68. The van der Waals surface area contributed by atoms with E-state index in [2.05, 4.69) is 10.4 Å². The fourth-order valence-corrected chi connectivity index (χ4v) is 2.98. The summed E-state index contributed by atoms with van der Waals surface area (Å²) in [5, 5.41) is 7.28. The molecule has 0 bridgehead atoms. The van der Waals surface area contributed by atoms with E-state index in [4.69, 9.17) is 0 Å². The van der Waals surface area contributed by atoms with E-state index in [9.17, 15) is 14.0 Å². The lowest BCUT2D eigenvalue weighted by Crippen LogP contribution is -2.28. The van der Waals surface area contributed by atoms with Crippen molar-refractivity contribution in [1.29, 1.82) is 0 Å². The van der Waals surface area contributed by atoms with Crippen molar-refractivity contribution >= 4 is 11.8 Å². The molecule has 1 N–H and O–H groups in total. The van der Waals surface area contributed by atoms with Crippen molar-refractivity contribution in [3.8, 4) is 0 Å². The predicted octanol–water partition coefficient (Wildman–Crippen LogP) is 2.01. The third-order valence-electron chi connectivity index (χ3n) is 4.38. The van der Waals surface area contributed by atoms with Crippen LogP contribution >= 0.6 is 0 Å². The summed E-state index contributed by atoms with van der Waals surface area (Å²) in [7, 11) is 0. The monoisotopic (exact) mass is 344 g/mol. The topological polar surface area (TPSA) is 67.2 Å². The SMILES string of the molecule is CC(=O)N1CCCn2nc(CNC(=O)c3cc(F)ccc3C)cc2C1. The standard InChI is InChI=1S/C18H21FN4O2/c1-12-4-5-14(19)8-17(12)18(25)20-10-15-9-16-11-22(13(2)24)6-3-7-23(16)21-15/h4-5,8-9H,3,6-7,10-11H2,1-2H3,(H,20,25). The van der Waals surface area contributed by atoms with Gasteiger partial charge in [0.1, 0.15) is 5.82 Å². The second-order valence-electron chi connectivity index (χ2n) is 6.29. The summed E-state index contributed by atoms with van der Waals surface area (Å²) in [5.74, 6) is -0.717. The highest BCUT2D eigenvalue weighted by Crippen LogP contribution is 2.15. The molecule has 0 fully saturated rings. The Morgan fingerprint density at radius 1 is 1.28 bits per heavy atom. The van der Waals surface area contributed by atoms with Crippen LogP contribution in [-0.4, -0.2) is 33.0 Å². The number of fused-ring (bicyclic) bond motifs is 1. The van der Waals surface area contributed by atoms with E-state index in [0.717, 1.165) is 36.5 Å². The van der Waals surface area contributed by atoms with E-state index in [0.29, 0.717) is 12.1 Å². The highest BCUT2D eigenvalue weighted by atomic mass is 19.1. The molecule has 1 aromatic carbocycles. The summed E-state index contributed by atoms with van der Waals surface area (Å²) < 4.78 is 15.2. The molecule has 1 aliphatic rings. The van der Waals surface area contributed by atoms with Gasteiger partial charge in [-0.25, -0.2) is 4.39 Å². The average molecular weight is 344 g/mol. The molecule has 132 valence electrons. The predicted molar refractivity (Wildman–Crippen MR) is 90.2 cm³/mol. The lowest BCUT2D eigenvalue weighted by Gasteiger charge is -2.17. The van der Waals surface area contributed by atoms with Gasteiger partial charge < -0.3 is 10.2 Å². The number of aromatic nitrogens is 2.